The normalized spacial score (nSPS) is 10.8. The van der Waals surface area contributed by atoms with E-state index in [1.54, 1.807) is 12.1 Å². The monoisotopic (exact) mass is 430 g/mol. The number of rotatable bonds is 7. The topological polar surface area (TPSA) is 90.6 Å². The van der Waals surface area contributed by atoms with Gasteiger partial charge in [0.05, 0.1) is 34.6 Å². The summed E-state index contributed by atoms with van der Waals surface area (Å²) in [6.07, 6.45) is 1.38. The maximum absolute atomic E-state index is 14.4. The summed E-state index contributed by atoms with van der Waals surface area (Å²) >= 11 is 5.75. The van der Waals surface area contributed by atoms with Crippen LogP contribution in [0, 0.1) is 17.1 Å². The van der Waals surface area contributed by atoms with Crippen molar-refractivity contribution in [1.29, 1.82) is 5.26 Å². The molecule has 30 heavy (non-hydrogen) atoms. The van der Waals surface area contributed by atoms with E-state index >= 15 is 0 Å². The number of nitrogens with one attached hydrogen (secondary N) is 1. The van der Waals surface area contributed by atoms with Crippen molar-refractivity contribution in [3.8, 4) is 23.3 Å². The number of likely N-dealkylation sites (N-methyl/N-ethyl adjacent to an activating group) is 1. The third kappa shape index (κ3) is 4.48. The van der Waals surface area contributed by atoms with E-state index < -0.39 is 5.82 Å². The zero-order valence-electron chi connectivity index (χ0n) is 16.7. The molecule has 0 amide bonds. The first kappa shape index (κ1) is 21.4. The van der Waals surface area contributed by atoms with Crippen molar-refractivity contribution < 1.29 is 19.0 Å². The number of halogens is 2. The van der Waals surface area contributed by atoms with Gasteiger partial charge in [0.2, 0.25) is 0 Å². The molecule has 9 heteroatoms. The molecule has 3 aromatic rings. The van der Waals surface area contributed by atoms with E-state index in [1.165, 1.54) is 13.3 Å². The zero-order valence-corrected chi connectivity index (χ0v) is 17.4. The molecular weight excluding hydrogens is 411 g/mol. The van der Waals surface area contributed by atoms with Crippen LogP contribution in [0.1, 0.15) is 5.56 Å². The first-order valence-corrected chi connectivity index (χ1v) is 9.35. The van der Waals surface area contributed by atoms with Crippen molar-refractivity contribution in [3.05, 3.63) is 46.9 Å². The highest BCUT2D eigenvalue weighted by atomic mass is 35.5. The number of aromatic nitrogens is 1. The number of ether oxygens (including phenoxy) is 2. The lowest BCUT2D eigenvalue weighted by atomic mass is 10.1. The number of hydrogen-bond acceptors (Lipinski definition) is 7. The minimum Gasteiger partial charge on any atom is -0.506 e. The van der Waals surface area contributed by atoms with Crippen LogP contribution in [0.2, 0.25) is 5.02 Å². The zero-order chi connectivity index (χ0) is 21.8. The minimum atomic E-state index is -0.678. The average Bonchev–Trinajstić information content (AvgIpc) is 2.71. The van der Waals surface area contributed by atoms with Gasteiger partial charge in [0.15, 0.2) is 11.5 Å². The van der Waals surface area contributed by atoms with Gasteiger partial charge in [-0.3, -0.25) is 4.98 Å². The van der Waals surface area contributed by atoms with E-state index in [4.69, 9.17) is 21.1 Å². The molecule has 0 saturated carbocycles. The average molecular weight is 431 g/mol. The van der Waals surface area contributed by atoms with Gasteiger partial charge in [-0.2, -0.15) is 5.26 Å². The quantitative estimate of drug-likeness (QED) is 0.577. The van der Waals surface area contributed by atoms with Gasteiger partial charge < -0.3 is 24.8 Å². The molecule has 3 rings (SSSR count). The van der Waals surface area contributed by atoms with Crippen molar-refractivity contribution in [2.75, 3.05) is 39.7 Å². The van der Waals surface area contributed by atoms with E-state index in [-0.39, 0.29) is 22.0 Å². The lowest BCUT2D eigenvalue weighted by molar-refractivity contribution is 0.251. The van der Waals surface area contributed by atoms with Crippen LogP contribution in [0.4, 0.5) is 15.8 Å². The largest absolute Gasteiger partial charge is 0.506 e. The molecule has 0 atom stereocenters. The molecule has 0 saturated heterocycles. The Hall–Kier alpha value is -3.28. The third-order valence-electron chi connectivity index (χ3n) is 4.37. The Labute approximate surface area is 178 Å². The Balaban J connectivity index is 2.09. The lowest BCUT2D eigenvalue weighted by Crippen LogP contribution is -2.19. The van der Waals surface area contributed by atoms with Gasteiger partial charge in [-0.1, -0.05) is 11.6 Å². The fourth-order valence-corrected chi connectivity index (χ4v) is 2.95. The van der Waals surface area contributed by atoms with Crippen LogP contribution in [0.15, 0.2) is 30.5 Å². The van der Waals surface area contributed by atoms with Crippen molar-refractivity contribution in [2.24, 2.45) is 0 Å². The molecular formula is C21H20ClFN4O3. The molecule has 7 nitrogen and oxygen atoms in total. The van der Waals surface area contributed by atoms with Gasteiger partial charge in [-0.15, -0.1) is 0 Å². The second-order valence-electron chi connectivity index (χ2n) is 6.74. The molecule has 0 spiro atoms. The number of nitrogens with zero attached hydrogens (tertiary/aromatic N) is 3. The summed E-state index contributed by atoms with van der Waals surface area (Å²) in [5.41, 5.74) is 1.00. The van der Waals surface area contributed by atoms with Crippen LogP contribution >= 0.6 is 11.6 Å². The summed E-state index contributed by atoms with van der Waals surface area (Å²) in [5, 5.41) is 22.6. The summed E-state index contributed by atoms with van der Waals surface area (Å²) in [7, 11) is 5.39. The van der Waals surface area contributed by atoms with Gasteiger partial charge in [0, 0.05) is 30.3 Å². The molecule has 0 unspecified atom stereocenters. The summed E-state index contributed by atoms with van der Waals surface area (Å²) in [6, 6.07) is 7.56. The standard InChI is InChI=1S/C21H20ClFN4O3/c1-27(2)4-5-30-20-9-16-13(6-19(20)29-3)21(12(10-24)11-25-16)26-17-8-18(28)14(22)7-15(17)23/h6-9,11,28H,4-5H2,1-3H3,(H,25,26). The number of phenolic OH excluding ortho intramolecular Hbond substituents is 1. The fourth-order valence-electron chi connectivity index (χ4n) is 2.80. The van der Waals surface area contributed by atoms with Crippen LogP contribution in [0.5, 0.6) is 17.2 Å². The Morgan fingerprint density at radius 2 is 2.03 bits per heavy atom. The predicted octanol–water partition coefficient (Wildman–Crippen LogP) is 4.30. The molecule has 1 heterocycles. The van der Waals surface area contributed by atoms with Crippen LogP contribution in [0.25, 0.3) is 10.9 Å². The number of fused-ring (bicyclic) bond motifs is 1. The number of nitriles is 1. The van der Waals surface area contributed by atoms with Gasteiger partial charge in [-0.25, -0.2) is 4.39 Å². The highest BCUT2D eigenvalue weighted by Crippen LogP contribution is 2.38. The number of methoxy groups -OCH3 is 1. The summed E-state index contributed by atoms with van der Waals surface area (Å²) in [5.74, 6) is -0.0141. The number of anilines is 2. The number of hydrogen-bond donors (Lipinski definition) is 2. The highest BCUT2D eigenvalue weighted by molar-refractivity contribution is 6.32. The Morgan fingerprint density at radius 1 is 1.27 bits per heavy atom. The van der Waals surface area contributed by atoms with E-state index in [2.05, 4.69) is 10.3 Å². The number of aromatic hydroxyl groups is 1. The minimum absolute atomic E-state index is 0.0359. The maximum Gasteiger partial charge on any atom is 0.163 e. The molecule has 0 fully saturated rings. The molecule has 2 aromatic carbocycles. The summed E-state index contributed by atoms with van der Waals surface area (Å²) in [4.78, 5) is 6.30. The van der Waals surface area contributed by atoms with Crippen molar-refractivity contribution in [1.82, 2.24) is 9.88 Å². The Kier molecular flexibility index (Phi) is 6.45. The van der Waals surface area contributed by atoms with Gasteiger partial charge in [0.1, 0.15) is 24.2 Å². The predicted molar refractivity (Wildman–Crippen MR) is 113 cm³/mol. The maximum atomic E-state index is 14.4. The fraction of sp³-hybridized carbons (Fsp3) is 0.238. The molecule has 0 aliphatic heterocycles. The molecule has 0 bridgehead atoms. The molecule has 0 aliphatic rings. The smallest absolute Gasteiger partial charge is 0.163 e. The van der Waals surface area contributed by atoms with E-state index in [1.807, 2.05) is 25.1 Å². The number of benzene rings is 2. The first-order valence-electron chi connectivity index (χ1n) is 8.97. The van der Waals surface area contributed by atoms with Gasteiger partial charge in [0.25, 0.3) is 0 Å². The summed E-state index contributed by atoms with van der Waals surface area (Å²) < 4.78 is 25.6. The van der Waals surface area contributed by atoms with Crippen LogP contribution in [0.3, 0.4) is 0 Å². The highest BCUT2D eigenvalue weighted by Gasteiger charge is 2.17. The molecule has 0 aliphatic carbocycles. The Morgan fingerprint density at radius 3 is 2.70 bits per heavy atom. The third-order valence-corrected chi connectivity index (χ3v) is 4.67. The van der Waals surface area contributed by atoms with E-state index in [0.29, 0.717) is 41.2 Å². The van der Waals surface area contributed by atoms with E-state index in [0.717, 1.165) is 12.1 Å². The molecule has 1 aromatic heterocycles. The van der Waals surface area contributed by atoms with Crippen molar-refractivity contribution in [3.63, 3.8) is 0 Å². The van der Waals surface area contributed by atoms with Crippen molar-refractivity contribution >= 4 is 33.9 Å². The first-order chi connectivity index (χ1) is 14.3. The van der Waals surface area contributed by atoms with Crippen molar-refractivity contribution in [2.45, 2.75) is 0 Å². The lowest BCUT2D eigenvalue weighted by Gasteiger charge is -2.16. The van der Waals surface area contributed by atoms with E-state index in [9.17, 15) is 14.8 Å². The number of pyridine rings is 1. The second-order valence-corrected chi connectivity index (χ2v) is 7.15. The van der Waals surface area contributed by atoms with Gasteiger partial charge in [-0.05, 0) is 26.2 Å². The van der Waals surface area contributed by atoms with Crippen LogP contribution < -0.4 is 14.8 Å². The number of phenols is 1. The van der Waals surface area contributed by atoms with Gasteiger partial charge >= 0.3 is 0 Å². The summed E-state index contributed by atoms with van der Waals surface area (Å²) in [6.45, 7) is 1.17. The SMILES string of the molecule is COc1cc2c(Nc3cc(O)c(Cl)cc3F)c(C#N)cnc2cc1OCCN(C)C. The molecule has 2 N–H and O–H groups in total. The Bertz CT molecular complexity index is 1130. The molecule has 0 radical (unpaired) electrons. The molecule has 156 valence electrons. The van der Waals surface area contributed by atoms with Crippen LogP contribution in [-0.2, 0) is 0 Å². The van der Waals surface area contributed by atoms with Crippen LogP contribution in [-0.4, -0.2) is 49.3 Å². The second kappa shape index (κ2) is 9.03.